The van der Waals surface area contributed by atoms with E-state index in [1.165, 1.54) is 52.7 Å². The van der Waals surface area contributed by atoms with Crippen molar-refractivity contribution in [3.63, 3.8) is 0 Å². The third kappa shape index (κ3) is 18.2. The number of nitrogens with one attached hydrogen (secondary N) is 3. The van der Waals surface area contributed by atoms with Gasteiger partial charge in [0, 0.05) is 35.5 Å². The number of carbonyl (C=O) groups is 12. The van der Waals surface area contributed by atoms with Gasteiger partial charge in [-0.3, -0.25) is 28.8 Å². The van der Waals surface area contributed by atoms with Crippen LogP contribution in [0.25, 0.3) is 0 Å². The van der Waals surface area contributed by atoms with E-state index in [2.05, 4.69) is 74.4 Å². The fraction of sp³-hybridized carbons (Fsp3) is 0.586. The third-order valence-corrected chi connectivity index (χ3v) is 14.1. The second-order valence-electron chi connectivity index (χ2n) is 23.5. The minimum absolute atomic E-state index is 0.0949. The first kappa shape index (κ1) is 74.5. The maximum Gasteiger partial charge on any atom is 0.408 e. The number of esters is 4. The fourth-order valence-electron chi connectivity index (χ4n) is 8.64. The van der Waals surface area contributed by atoms with Crippen LogP contribution in [0.4, 0.5) is 14.4 Å². The van der Waals surface area contributed by atoms with Gasteiger partial charge in [-0.2, -0.15) is 0 Å². The lowest BCUT2D eigenvalue weighted by Gasteiger charge is -2.22. The van der Waals surface area contributed by atoms with Crippen molar-refractivity contribution in [1.29, 1.82) is 0 Å². The highest BCUT2D eigenvalue weighted by molar-refractivity contribution is 6.05. The van der Waals surface area contributed by atoms with Crippen molar-refractivity contribution in [2.45, 2.75) is 134 Å². The van der Waals surface area contributed by atoms with Crippen LogP contribution in [0, 0.1) is 51.8 Å². The Hall–Kier alpha value is -8.52. The van der Waals surface area contributed by atoms with E-state index >= 15 is 0 Å². The van der Waals surface area contributed by atoms with E-state index in [0.717, 1.165) is 0 Å². The lowest BCUT2D eigenvalue weighted by Crippen LogP contribution is -2.47. The average Bonchev–Trinajstić information content (AvgIpc) is 4.13. The number of allylic oxidation sites excluding steroid dienone is 3. The minimum Gasteiger partial charge on any atom is -0.480 e. The normalized spacial score (nSPS) is 27.4. The Bertz CT molecular complexity index is 2560. The molecule has 6 fully saturated rings. The molecule has 474 valence electrons. The molecule has 0 spiro atoms. The highest BCUT2D eigenvalue weighted by atomic mass is 16.6. The monoisotopic (exact) mass is 1210 g/mol. The fourth-order valence-corrected chi connectivity index (χ4v) is 8.64. The van der Waals surface area contributed by atoms with Gasteiger partial charge >= 0.3 is 72.0 Å². The Morgan fingerprint density at radius 1 is 0.341 bits per heavy atom. The molecule has 0 bridgehead atoms. The van der Waals surface area contributed by atoms with Gasteiger partial charge in [0.15, 0.2) is 16.2 Å². The molecule has 4 unspecified atom stereocenters. The summed E-state index contributed by atoms with van der Waals surface area (Å²) in [5, 5.41) is 51.3. The van der Waals surface area contributed by atoms with Gasteiger partial charge in [0.05, 0.1) is 28.4 Å². The van der Waals surface area contributed by atoms with Crippen LogP contribution in [-0.2, 0) is 76.3 Å². The van der Waals surface area contributed by atoms with Crippen LogP contribution in [0.5, 0.6) is 0 Å². The van der Waals surface area contributed by atoms with Crippen molar-refractivity contribution in [2.24, 2.45) is 51.8 Å². The Kier molecular flexibility index (Phi) is 24.9. The predicted molar refractivity (Wildman–Crippen MR) is 300 cm³/mol. The number of rotatable bonds is 18. The molecule has 6 rings (SSSR count). The molecule has 8 N–H and O–H groups in total. The Morgan fingerprint density at radius 2 is 0.565 bits per heavy atom. The maximum absolute atomic E-state index is 11.6. The van der Waals surface area contributed by atoms with Crippen LogP contribution in [0.2, 0.25) is 0 Å². The Labute approximate surface area is 493 Å². The van der Waals surface area contributed by atoms with E-state index in [0.29, 0.717) is 32.1 Å². The smallest absolute Gasteiger partial charge is 0.408 e. The number of hydrogen-bond donors (Lipinski definition) is 8. The molecule has 6 aliphatic carbocycles. The highest BCUT2D eigenvalue weighted by Gasteiger charge is 2.68. The van der Waals surface area contributed by atoms with Gasteiger partial charge < -0.3 is 74.6 Å². The number of carbonyl (C=O) groups excluding carboxylic acids is 7. The van der Waals surface area contributed by atoms with Crippen molar-refractivity contribution in [3.05, 3.63) is 75.9 Å². The molecule has 27 nitrogen and oxygen atoms in total. The van der Waals surface area contributed by atoms with E-state index in [-0.39, 0.29) is 36.0 Å². The van der Waals surface area contributed by atoms with Crippen LogP contribution in [-0.4, -0.2) is 159 Å². The molecule has 3 amide bonds. The quantitative estimate of drug-likeness (QED) is 0.0336. The van der Waals surface area contributed by atoms with Crippen LogP contribution >= 0.6 is 0 Å². The number of carboxylic acid groups (broad SMARTS) is 5. The molecule has 0 radical (unpaired) electrons. The first-order chi connectivity index (χ1) is 38.9. The minimum atomic E-state index is -1.57. The number of alkyl carbamates (subject to hydrolysis) is 3. The van der Waals surface area contributed by atoms with Gasteiger partial charge in [-0.1, -0.05) is 36.5 Å². The van der Waals surface area contributed by atoms with E-state index in [4.69, 9.17) is 39.7 Å². The van der Waals surface area contributed by atoms with Gasteiger partial charge in [-0.05, 0) is 101 Å². The summed E-state index contributed by atoms with van der Waals surface area (Å²) in [6.45, 7) is 36.6. The molecular weight excluding hydrogens is 1120 g/mol. The van der Waals surface area contributed by atoms with Gasteiger partial charge in [-0.25, -0.2) is 28.8 Å². The number of ether oxygens (including phenoxy) is 7. The van der Waals surface area contributed by atoms with Crippen molar-refractivity contribution in [3.8, 4) is 0 Å². The summed E-state index contributed by atoms with van der Waals surface area (Å²) < 4.78 is 33.3. The summed E-state index contributed by atoms with van der Waals surface area (Å²) in [4.78, 5) is 133. The zero-order valence-corrected chi connectivity index (χ0v) is 50.4. The number of carboxylic acids is 5. The molecule has 6 saturated carbocycles. The zero-order chi connectivity index (χ0) is 66.4. The first-order valence-electron chi connectivity index (χ1n) is 26.2. The summed E-state index contributed by atoms with van der Waals surface area (Å²) in [7, 11) is 4.99. The molecule has 85 heavy (non-hydrogen) atoms. The van der Waals surface area contributed by atoms with Crippen LogP contribution in [0.15, 0.2) is 75.9 Å². The second-order valence-corrected chi connectivity index (χ2v) is 23.5. The second kappa shape index (κ2) is 28.4. The van der Waals surface area contributed by atoms with Gasteiger partial charge in [0.1, 0.15) is 33.4 Å². The standard InChI is InChI=1S/C12H19NO4.2C11H17NO4.C9H12O4.C8H10O4.C7H8O4/c1-6-8-7-12(8,9(14)16-5)13-10(15)17-11(2,3)4;2*1-5-7-6-11(7,8(13)14)12-9(15)16-10(2,3)4;1-4-6-5-9(6,7(10)12-2)8(11)13-3;1-3-5-4-8(5,6(9)10)7(11)12-2;1-2-4-3-7(4,5(8)9)6(10)11/h6,8H,1,7H2,2-5H3,(H,13,15);2*5,7H,1,6H2,2-4H3,(H,12,15)(H,13,14);4,6H,1,5H2,2-3H3;3,5H,1,4H2,2H3,(H,9,10);2,4H,1,3H2,(H,8,9)(H,10,11)/t8-,12?;2*7-,11?;6-;5-,8?;4-/m000000/s1. The number of aliphatic carboxylic acids is 5. The van der Waals surface area contributed by atoms with E-state index in [1.807, 2.05) is 0 Å². The molecule has 0 aromatic heterocycles. The number of amides is 3. The predicted octanol–water partition coefficient (Wildman–Crippen LogP) is 6.02. The largest absolute Gasteiger partial charge is 0.480 e. The van der Waals surface area contributed by atoms with Crippen LogP contribution in [0.3, 0.4) is 0 Å². The van der Waals surface area contributed by atoms with E-state index in [9.17, 15) is 57.5 Å². The maximum atomic E-state index is 11.6. The summed E-state index contributed by atoms with van der Waals surface area (Å²) in [6, 6.07) is 0. The molecule has 10 atom stereocenters. The highest BCUT2D eigenvalue weighted by Crippen LogP contribution is 2.56. The van der Waals surface area contributed by atoms with Gasteiger partial charge in [0.2, 0.25) is 0 Å². The van der Waals surface area contributed by atoms with Crippen molar-refractivity contribution in [2.75, 3.05) is 28.4 Å². The van der Waals surface area contributed by atoms with Gasteiger partial charge in [0.25, 0.3) is 0 Å². The first-order valence-corrected chi connectivity index (χ1v) is 26.2. The molecule has 0 aromatic carbocycles. The zero-order valence-electron chi connectivity index (χ0n) is 50.4. The number of methoxy groups -OCH3 is 4. The molecular formula is C58H83N3O24. The van der Waals surface area contributed by atoms with Crippen LogP contribution < -0.4 is 16.0 Å². The summed E-state index contributed by atoms with van der Waals surface area (Å²) in [5.41, 5.74) is -9.30. The lowest BCUT2D eigenvalue weighted by molar-refractivity contribution is -0.162. The topological polar surface area (TPSA) is 407 Å². The Morgan fingerprint density at radius 3 is 0.753 bits per heavy atom. The molecule has 0 aliphatic heterocycles. The van der Waals surface area contributed by atoms with E-state index in [1.54, 1.807) is 74.5 Å². The summed E-state index contributed by atoms with van der Waals surface area (Å²) in [5.74, 6) is -9.36. The van der Waals surface area contributed by atoms with Crippen LogP contribution in [0.1, 0.15) is 101 Å². The lowest BCUT2D eigenvalue weighted by atomic mass is 10.0. The third-order valence-electron chi connectivity index (χ3n) is 14.1. The van der Waals surface area contributed by atoms with E-state index < -0.39 is 128 Å². The summed E-state index contributed by atoms with van der Waals surface area (Å²) >= 11 is 0. The van der Waals surface area contributed by atoms with Gasteiger partial charge in [-0.15, -0.1) is 39.5 Å². The molecule has 27 heteroatoms. The molecule has 0 aromatic rings. The molecule has 0 saturated heterocycles. The average molecular weight is 1210 g/mol. The Balaban J connectivity index is 0.000000513. The molecule has 6 aliphatic rings. The van der Waals surface area contributed by atoms with Crippen molar-refractivity contribution in [1.82, 2.24) is 16.0 Å². The SMILES string of the molecule is C=C[C@H]1CC1(C(=O)O)C(=O)O.C=C[C@H]1CC1(C(=O)O)C(=O)OC.C=C[C@H]1CC1(C(=O)OC)C(=O)OC.C=C[C@H]1CC1(NC(=O)OC(C)(C)C)C(=O)O.C=C[C@H]1CC1(NC(=O)OC(C)(C)C)C(=O)O.C=C[C@H]1CC1(NC(=O)OC(C)(C)C)C(=O)OC. The molecule has 0 heterocycles. The number of hydrogen-bond acceptors (Lipinski definition) is 19. The van der Waals surface area contributed by atoms with Crippen molar-refractivity contribution >= 4 is 72.0 Å². The summed E-state index contributed by atoms with van der Waals surface area (Å²) in [6.07, 6.45) is 9.24. The van der Waals surface area contributed by atoms with Crippen molar-refractivity contribution < 1.29 is 116 Å².